The van der Waals surface area contributed by atoms with Crippen LogP contribution in [-0.2, 0) is 6.61 Å². The second kappa shape index (κ2) is 4.43. The first kappa shape index (κ1) is 10.2. The Morgan fingerprint density at radius 3 is 2.56 bits per heavy atom. The standard InChI is InChI=1S/C10H11N5O/c11-8-5-9(15-10(12)14-8)16-6-7-1-3-13-4-2-7/h1-5H,6H2,(H4,11,12,14,15). The summed E-state index contributed by atoms with van der Waals surface area (Å²) in [6.45, 7) is 0.387. The fraction of sp³-hybridized carbons (Fsp3) is 0.100. The van der Waals surface area contributed by atoms with E-state index in [1.54, 1.807) is 12.4 Å². The van der Waals surface area contributed by atoms with E-state index in [0.29, 0.717) is 12.5 Å². The summed E-state index contributed by atoms with van der Waals surface area (Å²) in [6, 6.07) is 5.24. The molecule has 0 aliphatic carbocycles. The molecule has 16 heavy (non-hydrogen) atoms. The van der Waals surface area contributed by atoms with Gasteiger partial charge in [-0.15, -0.1) is 0 Å². The molecule has 0 aromatic carbocycles. The van der Waals surface area contributed by atoms with Gasteiger partial charge in [-0.1, -0.05) is 0 Å². The van der Waals surface area contributed by atoms with Crippen LogP contribution < -0.4 is 16.2 Å². The molecule has 4 N–H and O–H groups in total. The van der Waals surface area contributed by atoms with E-state index in [4.69, 9.17) is 16.2 Å². The smallest absolute Gasteiger partial charge is 0.225 e. The topological polar surface area (TPSA) is 99.9 Å². The number of hydrogen-bond donors (Lipinski definition) is 2. The van der Waals surface area contributed by atoms with Crippen molar-refractivity contribution in [3.63, 3.8) is 0 Å². The lowest BCUT2D eigenvalue weighted by Crippen LogP contribution is -2.03. The second-order valence-corrected chi connectivity index (χ2v) is 3.13. The molecule has 0 unspecified atom stereocenters. The van der Waals surface area contributed by atoms with Gasteiger partial charge >= 0.3 is 0 Å². The molecule has 0 aliphatic heterocycles. The lowest BCUT2D eigenvalue weighted by atomic mass is 10.3. The quantitative estimate of drug-likeness (QED) is 0.781. The maximum absolute atomic E-state index is 5.51. The zero-order valence-electron chi connectivity index (χ0n) is 8.50. The van der Waals surface area contributed by atoms with Crippen molar-refractivity contribution in [1.29, 1.82) is 0 Å². The van der Waals surface area contributed by atoms with E-state index in [1.165, 1.54) is 6.07 Å². The predicted molar refractivity (Wildman–Crippen MR) is 59.4 cm³/mol. The third-order valence-corrected chi connectivity index (χ3v) is 1.88. The maximum atomic E-state index is 5.51. The molecule has 0 amide bonds. The van der Waals surface area contributed by atoms with Crippen LogP contribution in [-0.4, -0.2) is 15.0 Å². The summed E-state index contributed by atoms with van der Waals surface area (Å²) < 4.78 is 5.41. The summed E-state index contributed by atoms with van der Waals surface area (Å²) in [4.78, 5) is 11.5. The van der Waals surface area contributed by atoms with Gasteiger partial charge in [-0.25, -0.2) is 0 Å². The van der Waals surface area contributed by atoms with E-state index < -0.39 is 0 Å². The minimum absolute atomic E-state index is 0.102. The normalized spacial score (nSPS) is 10.0. The molecule has 2 heterocycles. The minimum Gasteiger partial charge on any atom is -0.473 e. The third-order valence-electron chi connectivity index (χ3n) is 1.88. The molecule has 6 heteroatoms. The number of anilines is 2. The van der Waals surface area contributed by atoms with Crippen LogP contribution in [0, 0.1) is 0 Å². The van der Waals surface area contributed by atoms with Crippen LogP contribution in [0.2, 0.25) is 0 Å². The monoisotopic (exact) mass is 217 g/mol. The molecule has 2 rings (SSSR count). The van der Waals surface area contributed by atoms with E-state index in [1.807, 2.05) is 12.1 Å². The Hall–Kier alpha value is -2.37. The Labute approximate surface area is 92.3 Å². The van der Waals surface area contributed by atoms with Crippen molar-refractivity contribution in [2.45, 2.75) is 6.61 Å². The molecule has 82 valence electrons. The van der Waals surface area contributed by atoms with Gasteiger partial charge < -0.3 is 16.2 Å². The van der Waals surface area contributed by atoms with Crippen LogP contribution in [0.5, 0.6) is 5.88 Å². The van der Waals surface area contributed by atoms with E-state index in [-0.39, 0.29) is 11.8 Å². The van der Waals surface area contributed by atoms with Crippen LogP contribution >= 0.6 is 0 Å². The van der Waals surface area contributed by atoms with Gasteiger partial charge in [-0.3, -0.25) is 4.98 Å². The molecule has 0 fully saturated rings. The van der Waals surface area contributed by atoms with E-state index >= 15 is 0 Å². The van der Waals surface area contributed by atoms with Gasteiger partial charge in [0.05, 0.1) is 0 Å². The Kier molecular flexibility index (Phi) is 2.81. The van der Waals surface area contributed by atoms with Gasteiger partial charge in [-0.05, 0) is 17.7 Å². The number of pyridine rings is 1. The van der Waals surface area contributed by atoms with Crippen LogP contribution in [0.1, 0.15) is 5.56 Å². The highest BCUT2D eigenvalue weighted by atomic mass is 16.5. The second-order valence-electron chi connectivity index (χ2n) is 3.13. The van der Waals surface area contributed by atoms with Crippen molar-refractivity contribution < 1.29 is 4.74 Å². The number of nitrogen functional groups attached to an aromatic ring is 2. The summed E-state index contributed by atoms with van der Waals surface area (Å²) in [7, 11) is 0. The van der Waals surface area contributed by atoms with Gasteiger partial charge in [-0.2, -0.15) is 9.97 Å². The number of ether oxygens (including phenoxy) is 1. The number of nitrogens with two attached hydrogens (primary N) is 2. The van der Waals surface area contributed by atoms with Gasteiger partial charge in [0.2, 0.25) is 11.8 Å². The van der Waals surface area contributed by atoms with E-state index in [9.17, 15) is 0 Å². The fourth-order valence-electron chi connectivity index (χ4n) is 1.17. The van der Waals surface area contributed by atoms with E-state index in [0.717, 1.165) is 5.56 Å². The largest absolute Gasteiger partial charge is 0.473 e. The SMILES string of the molecule is Nc1cc(OCc2ccncc2)nc(N)n1. The van der Waals surface area contributed by atoms with Crippen molar-refractivity contribution in [2.75, 3.05) is 11.5 Å². The van der Waals surface area contributed by atoms with Crippen LogP contribution in [0.15, 0.2) is 30.6 Å². The molecule has 2 aromatic rings. The lowest BCUT2D eigenvalue weighted by molar-refractivity contribution is 0.294. The van der Waals surface area contributed by atoms with Crippen LogP contribution in [0.3, 0.4) is 0 Å². The van der Waals surface area contributed by atoms with Gasteiger partial charge in [0, 0.05) is 18.5 Å². The average molecular weight is 217 g/mol. The van der Waals surface area contributed by atoms with Crippen molar-refractivity contribution in [2.24, 2.45) is 0 Å². The summed E-state index contributed by atoms with van der Waals surface area (Å²) in [5.41, 5.74) is 11.9. The van der Waals surface area contributed by atoms with Crippen molar-refractivity contribution in [1.82, 2.24) is 15.0 Å². The first-order valence-electron chi connectivity index (χ1n) is 4.66. The highest BCUT2D eigenvalue weighted by Gasteiger charge is 2.01. The summed E-state index contributed by atoms with van der Waals surface area (Å²) in [5.74, 6) is 0.753. The zero-order valence-corrected chi connectivity index (χ0v) is 8.50. The Bertz CT molecular complexity index is 454. The first-order valence-corrected chi connectivity index (χ1v) is 4.66. The Morgan fingerprint density at radius 2 is 1.88 bits per heavy atom. The third kappa shape index (κ3) is 2.57. The van der Waals surface area contributed by atoms with Crippen LogP contribution in [0.4, 0.5) is 11.8 Å². The molecular weight excluding hydrogens is 206 g/mol. The summed E-state index contributed by atoms with van der Waals surface area (Å²) in [5, 5.41) is 0. The molecule has 0 radical (unpaired) electrons. The molecule has 2 aromatic heterocycles. The number of nitrogens with zero attached hydrogens (tertiary/aromatic N) is 3. The average Bonchev–Trinajstić information content (AvgIpc) is 2.27. The zero-order chi connectivity index (χ0) is 11.4. The minimum atomic E-state index is 0.102. The molecule has 0 bridgehead atoms. The number of aromatic nitrogens is 3. The van der Waals surface area contributed by atoms with Crippen molar-refractivity contribution in [3.05, 3.63) is 36.2 Å². The predicted octanol–water partition coefficient (Wildman–Crippen LogP) is 0.615. The summed E-state index contributed by atoms with van der Waals surface area (Å²) >= 11 is 0. The number of rotatable bonds is 3. The van der Waals surface area contributed by atoms with Crippen molar-refractivity contribution in [3.8, 4) is 5.88 Å². The first-order chi connectivity index (χ1) is 7.74. The molecule has 6 nitrogen and oxygen atoms in total. The van der Waals surface area contributed by atoms with E-state index in [2.05, 4.69) is 15.0 Å². The molecule has 0 spiro atoms. The molecule has 0 atom stereocenters. The summed E-state index contributed by atoms with van der Waals surface area (Å²) in [6.07, 6.45) is 3.39. The van der Waals surface area contributed by atoms with Gasteiger partial charge in [0.15, 0.2) is 0 Å². The van der Waals surface area contributed by atoms with Gasteiger partial charge in [0.25, 0.3) is 0 Å². The highest BCUT2D eigenvalue weighted by molar-refractivity contribution is 5.38. The van der Waals surface area contributed by atoms with Crippen molar-refractivity contribution >= 4 is 11.8 Å². The number of hydrogen-bond acceptors (Lipinski definition) is 6. The lowest BCUT2D eigenvalue weighted by Gasteiger charge is -2.05. The Morgan fingerprint density at radius 1 is 1.12 bits per heavy atom. The maximum Gasteiger partial charge on any atom is 0.225 e. The van der Waals surface area contributed by atoms with Gasteiger partial charge in [0.1, 0.15) is 12.4 Å². The highest BCUT2D eigenvalue weighted by Crippen LogP contribution is 2.13. The molecule has 0 saturated heterocycles. The Balaban J connectivity index is 2.05. The molecule has 0 aliphatic rings. The van der Waals surface area contributed by atoms with Crippen LogP contribution in [0.25, 0.3) is 0 Å². The molecule has 0 saturated carbocycles. The fourth-order valence-corrected chi connectivity index (χ4v) is 1.17. The molecular formula is C10H11N5O.